The zero-order valence-corrected chi connectivity index (χ0v) is 12.9. The smallest absolute Gasteiger partial charge is 0.309 e. The summed E-state index contributed by atoms with van der Waals surface area (Å²) in [4.78, 5) is 25.9. The largest absolute Gasteiger partial charge is 0.481 e. The van der Waals surface area contributed by atoms with Gasteiger partial charge in [-0.2, -0.15) is 5.26 Å². The lowest BCUT2D eigenvalue weighted by atomic mass is 9.74. The Bertz CT molecular complexity index is 472. The van der Waals surface area contributed by atoms with Gasteiger partial charge in [-0.25, -0.2) is 0 Å². The van der Waals surface area contributed by atoms with Crippen molar-refractivity contribution in [2.24, 2.45) is 16.7 Å². The van der Waals surface area contributed by atoms with Gasteiger partial charge in [0, 0.05) is 13.1 Å². The number of carbonyl (C=O) groups is 2. The summed E-state index contributed by atoms with van der Waals surface area (Å²) < 4.78 is 0. The Hall–Kier alpha value is -1.57. The van der Waals surface area contributed by atoms with Gasteiger partial charge in [-0.3, -0.25) is 9.59 Å². The average Bonchev–Trinajstić information content (AvgIpc) is 2.96. The van der Waals surface area contributed by atoms with E-state index in [2.05, 4.69) is 6.07 Å². The highest BCUT2D eigenvalue weighted by Crippen LogP contribution is 2.41. The van der Waals surface area contributed by atoms with Gasteiger partial charge in [0.05, 0.1) is 11.5 Å². The number of carboxylic acids is 1. The third-order valence-corrected chi connectivity index (χ3v) is 5.36. The van der Waals surface area contributed by atoms with Crippen LogP contribution in [0, 0.1) is 28.1 Å². The highest BCUT2D eigenvalue weighted by Gasteiger charge is 2.47. The molecule has 0 aromatic carbocycles. The first-order chi connectivity index (χ1) is 9.83. The minimum atomic E-state index is -0.852. The van der Waals surface area contributed by atoms with Crippen LogP contribution >= 0.6 is 0 Å². The summed E-state index contributed by atoms with van der Waals surface area (Å²) in [6.07, 6.45) is 4.78. The number of piperidine rings is 1. The molecule has 1 aliphatic carbocycles. The summed E-state index contributed by atoms with van der Waals surface area (Å²) in [5.74, 6) is -0.948. The summed E-state index contributed by atoms with van der Waals surface area (Å²) >= 11 is 0. The minimum Gasteiger partial charge on any atom is -0.481 e. The van der Waals surface area contributed by atoms with Crippen LogP contribution in [0.2, 0.25) is 0 Å². The van der Waals surface area contributed by atoms with Crippen LogP contribution in [0.5, 0.6) is 0 Å². The molecule has 1 saturated carbocycles. The van der Waals surface area contributed by atoms with Crippen molar-refractivity contribution < 1.29 is 14.7 Å². The molecular weight excluding hydrogens is 268 g/mol. The van der Waals surface area contributed by atoms with Crippen LogP contribution in [0.4, 0.5) is 0 Å². The van der Waals surface area contributed by atoms with Gasteiger partial charge in [0.1, 0.15) is 5.41 Å². The van der Waals surface area contributed by atoms with E-state index in [1.807, 2.05) is 0 Å². The van der Waals surface area contributed by atoms with Gasteiger partial charge in [0.15, 0.2) is 0 Å². The monoisotopic (exact) mass is 292 g/mol. The molecule has 1 amide bonds. The van der Waals surface area contributed by atoms with Crippen LogP contribution in [0.25, 0.3) is 0 Å². The van der Waals surface area contributed by atoms with Gasteiger partial charge < -0.3 is 10.0 Å². The topological polar surface area (TPSA) is 81.4 Å². The van der Waals surface area contributed by atoms with Crippen molar-refractivity contribution in [1.29, 1.82) is 5.26 Å². The SMILES string of the molecule is CC(C)(C(=O)O)C1CCCN(C(=O)C2(C#N)CCCC2)C1. The molecule has 0 aromatic rings. The van der Waals surface area contributed by atoms with Crippen LogP contribution < -0.4 is 0 Å². The lowest BCUT2D eigenvalue weighted by Crippen LogP contribution is -2.50. The quantitative estimate of drug-likeness (QED) is 0.866. The Morgan fingerprint density at radius 1 is 1.29 bits per heavy atom. The van der Waals surface area contributed by atoms with Crippen molar-refractivity contribution in [2.45, 2.75) is 52.4 Å². The maximum absolute atomic E-state index is 12.8. The zero-order chi connectivity index (χ0) is 15.7. The predicted molar refractivity (Wildman–Crippen MR) is 77.2 cm³/mol. The van der Waals surface area contributed by atoms with E-state index in [4.69, 9.17) is 0 Å². The van der Waals surface area contributed by atoms with E-state index in [9.17, 15) is 20.0 Å². The second kappa shape index (κ2) is 5.67. The third kappa shape index (κ3) is 2.76. The molecule has 5 nitrogen and oxygen atoms in total. The van der Waals surface area contributed by atoms with Crippen molar-refractivity contribution in [3.63, 3.8) is 0 Å². The van der Waals surface area contributed by atoms with Gasteiger partial charge in [-0.05, 0) is 45.4 Å². The number of nitriles is 1. The molecule has 116 valence electrons. The number of carboxylic acid groups (broad SMARTS) is 1. The maximum Gasteiger partial charge on any atom is 0.309 e. The molecule has 0 aromatic heterocycles. The normalized spacial score (nSPS) is 25.4. The molecule has 1 atom stereocenters. The molecule has 5 heteroatoms. The minimum absolute atomic E-state index is 0.0511. The maximum atomic E-state index is 12.8. The third-order valence-electron chi connectivity index (χ3n) is 5.36. The fraction of sp³-hybridized carbons (Fsp3) is 0.812. The summed E-state index contributed by atoms with van der Waals surface area (Å²) in [5.41, 5.74) is -1.69. The molecule has 21 heavy (non-hydrogen) atoms. The fourth-order valence-electron chi connectivity index (χ4n) is 3.58. The molecule has 0 radical (unpaired) electrons. The summed E-state index contributed by atoms with van der Waals surface area (Å²) in [7, 11) is 0. The van der Waals surface area contributed by atoms with E-state index >= 15 is 0 Å². The van der Waals surface area contributed by atoms with Crippen LogP contribution in [0.1, 0.15) is 52.4 Å². The van der Waals surface area contributed by atoms with Gasteiger partial charge in [-0.1, -0.05) is 12.8 Å². The Morgan fingerprint density at radius 3 is 2.43 bits per heavy atom. The average molecular weight is 292 g/mol. The van der Waals surface area contributed by atoms with Crippen molar-refractivity contribution in [2.75, 3.05) is 13.1 Å². The molecule has 0 spiro atoms. The second-order valence-corrected chi connectivity index (χ2v) is 7.02. The van der Waals surface area contributed by atoms with Crippen LogP contribution in [0.3, 0.4) is 0 Å². The van der Waals surface area contributed by atoms with Crippen LogP contribution in [-0.4, -0.2) is 35.0 Å². The van der Waals surface area contributed by atoms with E-state index in [1.54, 1.807) is 18.7 Å². The lowest BCUT2D eigenvalue weighted by Gasteiger charge is -2.41. The molecule has 1 heterocycles. The molecule has 2 rings (SSSR count). The summed E-state index contributed by atoms with van der Waals surface area (Å²) in [5, 5.41) is 18.8. The molecule has 0 bridgehead atoms. The van der Waals surface area contributed by atoms with Crippen molar-refractivity contribution in [3.8, 4) is 6.07 Å². The summed E-state index contributed by atoms with van der Waals surface area (Å²) in [6, 6.07) is 2.24. The van der Waals surface area contributed by atoms with E-state index in [1.165, 1.54) is 0 Å². The van der Waals surface area contributed by atoms with Crippen molar-refractivity contribution in [1.82, 2.24) is 4.90 Å². The number of aliphatic carboxylic acids is 1. The van der Waals surface area contributed by atoms with E-state index in [0.29, 0.717) is 25.9 Å². The number of carbonyl (C=O) groups excluding carboxylic acids is 1. The van der Waals surface area contributed by atoms with Gasteiger partial charge in [0.25, 0.3) is 0 Å². The van der Waals surface area contributed by atoms with Gasteiger partial charge in [0.2, 0.25) is 5.91 Å². The number of hydrogen-bond donors (Lipinski definition) is 1. The van der Waals surface area contributed by atoms with Crippen LogP contribution in [-0.2, 0) is 9.59 Å². The Kier molecular flexibility index (Phi) is 4.27. The van der Waals surface area contributed by atoms with E-state index in [0.717, 1.165) is 25.7 Å². The molecule has 2 fully saturated rings. The first kappa shape index (κ1) is 15.8. The number of nitrogens with zero attached hydrogens (tertiary/aromatic N) is 2. The van der Waals surface area contributed by atoms with Crippen molar-refractivity contribution in [3.05, 3.63) is 0 Å². The molecule has 1 unspecified atom stereocenters. The first-order valence-corrected chi connectivity index (χ1v) is 7.77. The number of hydrogen-bond acceptors (Lipinski definition) is 3. The van der Waals surface area contributed by atoms with E-state index < -0.39 is 16.8 Å². The Morgan fingerprint density at radius 2 is 1.90 bits per heavy atom. The van der Waals surface area contributed by atoms with Crippen LogP contribution in [0.15, 0.2) is 0 Å². The Labute approximate surface area is 125 Å². The molecule has 1 aliphatic heterocycles. The number of rotatable bonds is 3. The van der Waals surface area contributed by atoms with Crippen molar-refractivity contribution >= 4 is 11.9 Å². The molecular formula is C16H24N2O3. The first-order valence-electron chi connectivity index (χ1n) is 7.77. The number of likely N-dealkylation sites (tertiary alicyclic amines) is 1. The highest BCUT2D eigenvalue weighted by atomic mass is 16.4. The standard InChI is InChI=1S/C16H24N2O3/c1-15(2,14(20)21)12-6-5-9-18(10-12)13(19)16(11-17)7-3-4-8-16/h12H,3-10H2,1-2H3,(H,20,21). The second-order valence-electron chi connectivity index (χ2n) is 7.02. The van der Waals surface area contributed by atoms with E-state index in [-0.39, 0.29) is 11.8 Å². The Balaban J connectivity index is 2.13. The summed E-state index contributed by atoms with van der Waals surface area (Å²) in [6.45, 7) is 4.56. The predicted octanol–water partition coefficient (Wildman–Crippen LogP) is 2.42. The highest BCUT2D eigenvalue weighted by molar-refractivity contribution is 5.86. The molecule has 2 aliphatic rings. The zero-order valence-electron chi connectivity index (χ0n) is 12.9. The molecule has 1 saturated heterocycles. The molecule has 1 N–H and O–H groups in total. The fourth-order valence-corrected chi connectivity index (χ4v) is 3.58. The van der Waals surface area contributed by atoms with Gasteiger partial charge in [-0.15, -0.1) is 0 Å². The lowest BCUT2D eigenvalue weighted by molar-refractivity contribution is -0.154. The number of amides is 1. The van der Waals surface area contributed by atoms with Gasteiger partial charge >= 0.3 is 5.97 Å².